The fourth-order valence-corrected chi connectivity index (χ4v) is 4.47. The number of aryl methyl sites for hydroxylation is 3. The molecule has 0 fully saturated rings. The Morgan fingerprint density at radius 2 is 2.00 bits per heavy atom. The Kier molecular flexibility index (Phi) is 5.84. The van der Waals surface area contributed by atoms with E-state index >= 15 is 0 Å². The summed E-state index contributed by atoms with van der Waals surface area (Å²) in [5.74, 6) is 0.545. The molecule has 0 aliphatic heterocycles. The smallest absolute Gasteiger partial charge is 0.225 e. The number of nitrogens with one attached hydrogen (secondary N) is 2. The van der Waals surface area contributed by atoms with E-state index in [-0.39, 0.29) is 5.91 Å². The van der Waals surface area contributed by atoms with Gasteiger partial charge in [-0.05, 0) is 57.6 Å². The van der Waals surface area contributed by atoms with Gasteiger partial charge in [0.05, 0.1) is 5.56 Å². The standard InChI is InChI=1S/C19H23N5OS/c1-12-10-13(2)23-19(22-12)21-9-5-8-17(25)24-18-15(11-20)14-6-3-4-7-16(14)26-18/h10H,3-9H2,1-2H3,(H,24,25)(H,21,22,23). The highest BCUT2D eigenvalue weighted by Crippen LogP contribution is 2.37. The third-order valence-electron chi connectivity index (χ3n) is 4.38. The average molecular weight is 369 g/mol. The Morgan fingerprint density at radius 1 is 1.27 bits per heavy atom. The van der Waals surface area contributed by atoms with Crippen molar-refractivity contribution < 1.29 is 4.79 Å². The summed E-state index contributed by atoms with van der Waals surface area (Å²) in [5, 5.41) is 16.2. The van der Waals surface area contributed by atoms with Crippen molar-refractivity contribution in [3.8, 4) is 6.07 Å². The molecule has 0 aromatic carbocycles. The Labute approximate surface area is 157 Å². The van der Waals surface area contributed by atoms with Gasteiger partial charge in [0, 0.05) is 29.2 Å². The predicted molar refractivity (Wildman–Crippen MR) is 104 cm³/mol. The summed E-state index contributed by atoms with van der Waals surface area (Å²) in [7, 11) is 0. The van der Waals surface area contributed by atoms with Crippen LogP contribution < -0.4 is 10.6 Å². The molecule has 2 aromatic rings. The summed E-state index contributed by atoms with van der Waals surface area (Å²) in [6.45, 7) is 4.49. The van der Waals surface area contributed by atoms with E-state index in [1.165, 1.54) is 4.88 Å². The zero-order chi connectivity index (χ0) is 18.5. The first-order valence-corrected chi connectivity index (χ1v) is 9.79. The number of nitrogens with zero attached hydrogens (tertiary/aromatic N) is 3. The number of amides is 1. The van der Waals surface area contributed by atoms with E-state index in [9.17, 15) is 10.1 Å². The first kappa shape index (κ1) is 18.3. The number of carbonyl (C=O) groups is 1. The molecule has 0 saturated heterocycles. The van der Waals surface area contributed by atoms with Crippen LogP contribution >= 0.6 is 11.3 Å². The number of hydrogen-bond acceptors (Lipinski definition) is 6. The number of anilines is 2. The van der Waals surface area contributed by atoms with Gasteiger partial charge in [-0.3, -0.25) is 4.79 Å². The lowest BCUT2D eigenvalue weighted by atomic mass is 9.96. The van der Waals surface area contributed by atoms with Crippen molar-refractivity contribution in [2.45, 2.75) is 52.4 Å². The van der Waals surface area contributed by atoms with Crippen LogP contribution in [0.1, 0.15) is 53.1 Å². The summed E-state index contributed by atoms with van der Waals surface area (Å²) < 4.78 is 0. The van der Waals surface area contributed by atoms with Crippen LogP contribution in [0.5, 0.6) is 0 Å². The molecule has 1 aliphatic rings. The summed E-state index contributed by atoms with van der Waals surface area (Å²) in [4.78, 5) is 22.1. The van der Waals surface area contributed by atoms with Gasteiger partial charge in [-0.15, -0.1) is 11.3 Å². The number of thiophene rings is 1. The highest BCUT2D eigenvalue weighted by atomic mass is 32.1. The molecule has 0 saturated carbocycles. The normalized spacial score (nSPS) is 13.0. The Bertz CT molecular complexity index is 832. The van der Waals surface area contributed by atoms with Gasteiger partial charge in [0.25, 0.3) is 0 Å². The quantitative estimate of drug-likeness (QED) is 0.757. The lowest BCUT2D eigenvalue weighted by molar-refractivity contribution is -0.116. The summed E-state index contributed by atoms with van der Waals surface area (Å²) in [6, 6.07) is 4.20. The molecule has 7 heteroatoms. The van der Waals surface area contributed by atoms with E-state index in [0.717, 1.165) is 47.6 Å². The Morgan fingerprint density at radius 3 is 2.73 bits per heavy atom. The third-order valence-corrected chi connectivity index (χ3v) is 5.59. The second kappa shape index (κ2) is 8.28. The van der Waals surface area contributed by atoms with Gasteiger partial charge < -0.3 is 10.6 Å². The highest BCUT2D eigenvalue weighted by molar-refractivity contribution is 7.16. The minimum absolute atomic E-state index is 0.0526. The van der Waals surface area contributed by atoms with Gasteiger partial charge in [0.2, 0.25) is 11.9 Å². The van der Waals surface area contributed by atoms with Gasteiger partial charge in [-0.25, -0.2) is 9.97 Å². The van der Waals surface area contributed by atoms with E-state index in [1.54, 1.807) is 11.3 Å². The monoisotopic (exact) mass is 369 g/mol. The van der Waals surface area contributed by atoms with Crippen molar-refractivity contribution in [3.05, 3.63) is 33.5 Å². The minimum atomic E-state index is -0.0526. The van der Waals surface area contributed by atoms with E-state index < -0.39 is 0 Å². The second-order valence-electron chi connectivity index (χ2n) is 6.58. The topological polar surface area (TPSA) is 90.7 Å². The van der Waals surface area contributed by atoms with Crippen LogP contribution in [-0.4, -0.2) is 22.4 Å². The molecule has 1 amide bonds. The average Bonchev–Trinajstić information content (AvgIpc) is 2.94. The van der Waals surface area contributed by atoms with E-state index in [4.69, 9.17) is 0 Å². The maximum Gasteiger partial charge on any atom is 0.225 e. The van der Waals surface area contributed by atoms with Crippen molar-refractivity contribution >= 4 is 28.2 Å². The second-order valence-corrected chi connectivity index (χ2v) is 7.68. The number of rotatable bonds is 6. The van der Waals surface area contributed by atoms with Crippen molar-refractivity contribution in [1.29, 1.82) is 5.26 Å². The lowest BCUT2D eigenvalue weighted by Crippen LogP contribution is -2.14. The first-order valence-electron chi connectivity index (χ1n) is 8.97. The van der Waals surface area contributed by atoms with Gasteiger partial charge in [0.1, 0.15) is 11.1 Å². The van der Waals surface area contributed by atoms with Crippen molar-refractivity contribution in [1.82, 2.24) is 9.97 Å². The largest absolute Gasteiger partial charge is 0.354 e. The zero-order valence-electron chi connectivity index (χ0n) is 15.2. The van der Waals surface area contributed by atoms with Crippen LogP contribution in [0, 0.1) is 25.2 Å². The predicted octanol–water partition coefficient (Wildman–Crippen LogP) is 3.74. The molecule has 26 heavy (non-hydrogen) atoms. The zero-order valence-corrected chi connectivity index (χ0v) is 16.0. The fourth-order valence-electron chi connectivity index (χ4n) is 3.22. The highest BCUT2D eigenvalue weighted by Gasteiger charge is 2.21. The number of nitriles is 1. The van der Waals surface area contributed by atoms with Crippen LogP contribution in [0.3, 0.4) is 0 Å². The van der Waals surface area contributed by atoms with Crippen molar-refractivity contribution in [3.63, 3.8) is 0 Å². The maximum atomic E-state index is 12.2. The van der Waals surface area contributed by atoms with Gasteiger partial charge >= 0.3 is 0 Å². The molecule has 6 nitrogen and oxygen atoms in total. The molecule has 2 aromatic heterocycles. The van der Waals surface area contributed by atoms with Crippen LogP contribution in [-0.2, 0) is 17.6 Å². The van der Waals surface area contributed by atoms with E-state index in [1.807, 2.05) is 19.9 Å². The molecule has 2 heterocycles. The number of carbonyl (C=O) groups excluding carboxylic acids is 1. The van der Waals surface area contributed by atoms with Gasteiger partial charge in [0.15, 0.2) is 0 Å². The van der Waals surface area contributed by atoms with Crippen molar-refractivity contribution in [2.24, 2.45) is 0 Å². The SMILES string of the molecule is Cc1cc(C)nc(NCCCC(=O)Nc2sc3c(c2C#N)CCCC3)n1. The number of aromatic nitrogens is 2. The number of hydrogen-bond donors (Lipinski definition) is 2. The van der Waals surface area contributed by atoms with E-state index in [2.05, 4.69) is 26.7 Å². The molecule has 3 rings (SSSR count). The molecule has 136 valence electrons. The summed E-state index contributed by atoms with van der Waals surface area (Å²) >= 11 is 1.56. The molecule has 1 aliphatic carbocycles. The Balaban J connectivity index is 1.50. The molecule has 0 atom stereocenters. The first-order chi connectivity index (χ1) is 12.6. The van der Waals surface area contributed by atoms with Crippen LogP contribution in [0.25, 0.3) is 0 Å². The molecule has 0 spiro atoms. The third kappa shape index (κ3) is 4.38. The summed E-state index contributed by atoms with van der Waals surface area (Å²) in [5.41, 5.74) is 3.65. The maximum absolute atomic E-state index is 12.2. The molecular formula is C19H23N5OS. The van der Waals surface area contributed by atoms with Crippen molar-refractivity contribution in [2.75, 3.05) is 17.2 Å². The molecule has 2 N–H and O–H groups in total. The van der Waals surface area contributed by atoms with E-state index in [0.29, 0.717) is 30.9 Å². The number of fused-ring (bicyclic) bond motifs is 1. The van der Waals surface area contributed by atoms with Gasteiger partial charge in [-0.2, -0.15) is 5.26 Å². The van der Waals surface area contributed by atoms with Gasteiger partial charge in [-0.1, -0.05) is 0 Å². The van der Waals surface area contributed by atoms with Crippen LogP contribution in [0.4, 0.5) is 10.9 Å². The molecule has 0 unspecified atom stereocenters. The minimum Gasteiger partial charge on any atom is -0.354 e. The molecule has 0 bridgehead atoms. The molecular weight excluding hydrogens is 346 g/mol. The molecule has 0 radical (unpaired) electrons. The summed E-state index contributed by atoms with van der Waals surface area (Å²) in [6.07, 6.45) is 5.32. The Hall–Kier alpha value is -2.46. The van der Waals surface area contributed by atoms with Crippen LogP contribution in [0.15, 0.2) is 6.07 Å². The fraction of sp³-hybridized carbons (Fsp3) is 0.474. The lowest BCUT2D eigenvalue weighted by Gasteiger charge is -2.09. The van der Waals surface area contributed by atoms with Crippen LogP contribution in [0.2, 0.25) is 0 Å².